The largest absolute Gasteiger partial charge is 0.383 e. The molecule has 0 unspecified atom stereocenters. The zero-order valence-corrected chi connectivity index (χ0v) is 13.6. The number of anilines is 2. The van der Waals surface area contributed by atoms with Crippen LogP contribution < -0.4 is 11.5 Å². The third-order valence-corrected chi connectivity index (χ3v) is 3.60. The van der Waals surface area contributed by atoms with Gasteiger partial charge in [0, 0.05) is 18.2 Å². The fraction of sp³-hybridized carbons (Fsp3) is 0.235. The Morgan fingerprint density at radius 3 is 2.50 bits per heavy atom. The van der Waals surface area contributed by atoms with E-state index in [1.54, 1.807) is 7.11 Å². The number of nitrogens with two attached hydrogens (primary N) is 2. The van der Waals surface area contributed by atoms with Crippen LogP contribution in [0.15, 0.2) is 30.3 Å². The topological polar surface area (TPSA) is 109 Å². The van der Waals surface area contributed by atoms with Crippen molar-refractivity contribution in [2.24, 2.45) is 0 Å². The summed E-state index contributed by atoms with van der Waals surface area (Å²) in [7, 11) is 1.58. The first-order valence-electron chi connectivity index (χ1n) is 7.45. The minimum absolute atomic E-state index is 0.103. The van der Waals surface area contributed by atoms with Crippen molar-refractivity contribution in [3.8, 4) is 11.3 Å². The molecule has 2 heterocycles. The van der Waals surface area contributed by atoms with Crippen LogP contribution in [-0.2, 0) is 16.1 Å². The van der Waals surface area contributed by atoms with Crippen LogP contribution in [0.4, 0.5) is 11.8 Å². The van der Waals surface area contributed by atoms with E-state index in [2.05, 4.69) is 15.0 Å². The van der Waals surface area contributed by atoms with Gasteiger partial charge < -0.3 is 20.9 Å². The van der Waals surface area contributed by atoms with Crippen molar-refractivity contribution < 1.29 is 9.47 Å². The number of methoxy groups -OCH3 is 1. The Kier molecular flexibility index (Phi) is 4.54. The maximum absolute atomic E-state index is 5.95. The molecule has 0 saturated carbocycles. The highest BCUT2D eigenvalue weighted by molar-refractivity contribution is 5.89. The van der Waals surface area contributed by atoms with Crippen molar-refractivity contribution in [2.45, 2.75) is 13.5 Å². The average molecular weight is 325 g/mol. The highest BCUT2D eigenvalue weighted by Gasteiger charge is 2.13. The van der Waals surface area contributed by atoms with Crippen LogP contribution in [0.2, 0.25) is 0 Å². The lowest BCUT2D eigenvalue weighted by Gasteiger charge is -2.12. The summed E-state index contributed by atoms with van der Waals surface area (Å²) in [5.74, 6) is 0.402. The number of ether oxygens (including phenoxy) is 2. The maximum Gasteiger partial charge on any atom is 0.224 e. The van der Waals surface area contributed by atoms with Crippen molar-refractivity contribution in [2.75, 3.05) is 25.4 Å². The molecule has 2 aromatic heterocycles. The van der Waals surface area contributed by atoms with Crippen LogP contribution >= 0.6 is 0 Å². The fourth-order valence-corrected chi connectivity index (χ4v) is 2.44. The molecule has 0 amide bonds. The molecule has 24 heavy (non-hydrogen) atoms. The minimum atomic E-state index is 0.103. The number of aryl methyl sites for hydroxylation is 1. The molecular weight excluding hydrogens is 306 g/mol. The molecule has 4 N–H and O–H groups in total. The van der Waals surface area contributed by atoms with E-state index in [9.17, 15) is 0 Å². The normalized spacial score (nSPS) is 11.1. The number of fused-ring (bicyclic) bond motifs is 1. The molecule has 0 atom stereocenters. The van der Waals surface area contributed by atoms with E-state index >= 15 is 0 Å². The molecule has 7 heteroatoms. The van der Waals surface area contributed by atoms with Crippen molar-refractivity contribution in [3.05, 3.63) is 41.5 Å². The van der Waals surface area contributed by atoms with Crippen LogP contribution in [0.3, 0.4) is 0 Å². The number of pyridine rings is 1. The van der Waals surface area contributed by atoms with Gasteiger partial charge in [-0.25, -0.2) is 4.98 Å². The first-order valence-corrected chi connectivity index (χ1v) is 7.45. The molecule has 7 nitrogen and oxygen atoms in total. The van der Waals surface area contributed by atoms with Crippen LogP contribution in [0.1, 0.15) is 11.1 Å². The molecule has 0 bridgehead atoms. The predicted octanol–water partition coefficient (Wildman–Crippen LogP) is 2.29. The summed E-state index contributed by atoms with van der Waals surface area (Å²) in [6, 6.07) is 9.98. The van der Waals surface area contributed by atoms with E-state index < -0.39 is 0 Å². The highest BCUT2D eigenvalue weighted by Crippen LogP contribution is 2.28. The lowest BCUT2D eigenvalue weighted by Crippen LogP contribution is -2.05. The summed E-state index contributed by atoms with van der Waals surface area (Å²) >= 11 is 0. The Balaban J connectivity index is 2.15. The van der Waals surface area contributed by atoms with Crippen LogP contribution in [0, 0.1) is 6.92 Å². The van der Waals surface area contributed by atoms with Gasteiger partial charge in [0.05, 0.1) is 17.7 Å². The van der Waals surface area contributed by atoms with Gasteiger partial charge in [0.1, 0.15) is 12.6 Å². The number of benzene rings is 1. The lowest BCUT2D eigenvalue weighted by molar-refractivity contribution is -0.0389. The summed E-state index contributed by atoms with van der Waals surface area (Å²) in [6.07, 6.45) is 0. The van der Waals surface area contributed by atoms with Crippen LogP contribution in [-0.4, -0.2) is 28.9 Å². The second-order valence-electron chi connectivity index (χ2n) is 5.46. The second-order valence-corrected chi connectivity index (χ2v) is 5.46. The third-order valence-electron chi connectivity index (χ3n) is 3.60. The van der Waals surface area contributed by atoms with Gasteiger partial charge in [-0.3, -0.25) is 0 Å². The molecular formula is C17H19N5O2. The van der Waals surface area contributed by atoms with Gasteiger partial charge in [-0.05, 0) is 13.0 Å². The molecule has 0 aliphatic carbocycles. The molecule has 0 fully saturated rings. The van der Waals surface area contributed by atoms with Gasteiger partial charge in [-0.1, -0.05) is 29.8 Å². The monoisotopic (exact) mass is 325 g/mol. The van der Waals surface area contributed by atoms with E-state index in [1.807, 2.05) is 37.3 Å². The summed E-state index contributed by atoms with van der Waals surface area (Å²) in [5.41, 5.74) is 15.9. The number of hydrogen-bond donors (Lipinski definition) is 2. The molecule has 124 valence electrons. The average Bonchev–Trinajstić information content (AvgIpc) is 2.56. The van der Waals surface area contributed by atoms with Crippen molar-refractivity contribution >= 4 is 22.8 Å². The molecule has 3 rings (SSSR count). The third kappa shape index (κ3) is 3.27. The van der Waals surface area contributed by atoms with E-state index in [1.165, 1.54) is 5.56 Å². The molecule has 0 radical (unpaired) electrons. The Morgan fingerprint density at radius 2 is 1.79 bits per heavy atom. The fourth-order valence-electron chi connectivity index (χ4n) is 2.44. The summed E-state index contributed by atoms with van der Waals surface area (Å²) in [4.78, 5) is 12.8. The van der Waals surface area contributed by atoms with Crippen molar-refractivity contribution in [3.63, 3.8) is 0 Å². The Morgan fingerprint density at radius 1 is 1.04 bits per heavy atom. The number of rotatable bonds is 5. The van der Waals surface area contributed by atoms with Gasteiger partial charge in [0.25, 0.3) is 0 Å². The highest BCUT2D eigenvalue weighted by atomic mass is 16.7. The van der Waals surface area contributed by atoms with Crippen LogP contribution in [0.25, 0.3) is 22.3 Å². The lowest BCUT2D eigenvalue weighted by atomic mass is 10.0. The van der Waals surface area contributed by atoms with Gasteiger partial charge in [-0.15, -0.1) is 0 Å². The number of aromatic nitrogens is 3. The first-order chi connectivity index (χ1) is 11.6. The van der Waals surface area contributed by atoms with Gasteiger partial charge in [-0.2, -0.15) is 9.97 Å². The Bertz CT molecular complexity index is 865. The quantitative estimate of drug-likeness (QED) is 0.547. The van der Waals surface area contributed by atoms with Gasteiger partial charge in [0.2, 0.25) is 5.95 Å². The van der Waals surface area contributed by atoms with E-state index in [4.69, 9.17) is 20.9 Å². The molecule has 0 aliphatic heterocycles. The zero-order chi connectivity index (χ0) is 17.1. The second kappa shape index (κ2) is 6.77. The standard InChI is InChI=1S/C17H19N5O2/c1-10-3-5-11(6-4-10)14-12(8-24-9-23-2)7-13-15(18)21-17(19)22-16(13)20-14/h3-7H,8-9H2,1-2H3,(H4,18,19,20,21,22). The first kappa shape index (κ1) is 16.1. The predicted molar refractivity (Wildman–Crippen MR) is 93.0 cm³/mol. The Hall–Kier alpha value is -2.77. The van der Waals surface area contributed by atoms with E-state index in [0.717, 1.165) is 16.8 Å². The summed E-state index contributed by atoms with van der Waals surface area (Å²) in [6.45, 7) is 2.57. The van der Waals surface area contributed by atoms with Crippen molar-refractivity contribution in [1.29, 1.82) is 0 Å². The molecule has 0 spiro atoms. The van der Waals surface area contributed by atoms with Crippen LogP contribution in [0.5, 0.6) is 0 Å². The molecule has 3 aromatic rings. The molecule has 0 saturated heterocycles. The number of nitrogen functional groups attached to an aromatic ring is 2. The van der Waals surface area contributed by atoms with Gasteiger partial charge in [0.15, 0.2) is 5.65 Å². The smallest absolute Gasteiger partial charge is 0.224 e. The number of nitrogens with zero attached hydrogens (tertiary/aromatic N) is 3. The minimum Gasteiger partial charge on any atom is -0.383 e. The molecule has 0 aliphatic rings. The van der Waals surface area contributed by atoms with E-state index in [-0.39, 0.29) is 12.7 Å². The van der Waals surface area contributed by atoms with Gasteiger partial charge >= 0.3 is 0 Å². The molecule has 1 aromatic carbocycles. The van der Waals surface area contributed by atoms with Crippen molar-refractivity contribution in [1.82, 2.24) is 15.0 Å². The number of hydrogen-bond acceptors (Lipinski definition) is 7. The zero-order valence-electron chi connectivity index (χ0n) is 13.6. The SMILES string of the molecule is COCOCc1cc2c(N)nc(N)nc2nc1-c1ccc(C)cc1. The summed E-state index contributed by atoms with van der Waals surface area (Å²) in [5, 5.41) is 0.649. The maximum atomic E-state index is 5.95. The summed E-state index contributed by atoms with van der Waals surface area (Å²) < 4.78 is 10.4. The Labute approximate surface area is 139 Å². The van der Waals surface area contributed by atoms with E-state index in [0.29, 0.717) is 23.5 Å².